The minimum atomic E-state index is -1.40. The highest BCUT2D eigenvalue weighted by molar-refractivity contribution is 5.76. The van der Waals surface area contributed by atoms with Gasteiger partial charge in [0, 0.05) is 11.8 Å². The van der Waals surface area contributed by atoms with Gasteiger partial charge in [-0.15, -0.1) is 0 Å². The van der Waals surface area contributed by atoms with Gasteiger partial charge in [-0.1, -0.05) is 40.7 Å². The van der Waals surface area contributed by atoms with Gasteiger partial charge in [-0.25, -0.2) is 9.59 Å². The first kappa shape index (κ1) is 35.7. The zero-order valence-electron chi connectivity index (χ0n) is 25.7. The molecule has 1 aromatic carbocycles. The zero-order chi connectivity index (χ0) is 31.5. The van der Waals surface area contributed by atoms with Crippen molar-refractivity contribution in [1.82, 2.24) is 0 Å². The van der Waals surface area contributed by atoms with Crippen LogP contribution in [0, 0.1) is 23.2 Å². The van der Waals surface area contributed by atoms with Gasteiger partial charge < -0.3 is 34.5 Å². The van der Waals surface area contributed by atoms with Gasteiger partial charge in [0.05, 0.1) is 18.6 Å². The Morgan fingerprint density at radius 1 is 0.829 bits per heavy atom. The summed E-state index contributed by atoms with van der Waals surface area (Å²) < 4.78 is 26.6. The molecule has 0 bridgehead atoms. The molecule has 0 aliphatic carbocycles. The van der Waals surface area contributed by atoms with E-state index in [0.29, 0.717) is 30.2 Å². The maximum Gasteiger partial charge on any atom is 0.513 e. The molecule has 0 spiro atoms. The van der Waals surface area contributed by atoms with Crippen LogP contribution < -0.4 is 15.2 Å². The van der Waals surface area contributed by atoms with Crippen LogP contribution in [0.25, 0.3) is 0 Å². The maximum absolute atomic E-state index is 12.5. The van der Waals surface area contributed by atoms with Gasteiger partial charge in [0.2, 0.25) is 0 Å². The van der Waals surface area contributed by atoms with Crippen LogP contribution in [-0.4, -0.2) is 54.7 Å². The predicted molar refractivity (Wildman–Crippen MR) is 152 cm³/mol. The maximum atomic E-state index is 12.5. The van der Waals surface area contributed by atoms with E-state index in [4.69, 9.17) is 29.4 Å². The minimum Gasteiger partial charge on any atom is -0.480 e. The first-order valence-electron chi connectivity index (χ1n) is 14.0. The molecule has 0 aliphatic heterocycles. The highest BCUT2D eigenvalue weighted by Crippen LogP contribution is 2.37. The smallest absolute Gasteiger partial charge is 0.480 e. The molecule has 0 saturated heterocycles. The van der Waals surface area contributed by atoms with E-state index in [-0.39, 0.29) is 24.7 Å². The number of aliphatic carboxylic acids is 1. The summed E-state index contributed by atoms with van der Waals surface area (Å²) in [6.45, 7) is 16.7. The Labute approximate surface area is 243 Å². The second-order valence-electron chi connectivity index (χ2n) is 12.1. The molecular weight excluding hydrogens is 534 g/mol. The number of ether oxygens (including phenoxy) is 5. The van der Waals surface area contributed by atoms with Crippen LogP contribution in [0.15, 0.2) is 18.2 Å². The average molecular weight is 582 g/mol. The number of carbonyl (C=O) groups excluding carboxylic acids is 3. The lowest BCUT2D eigenvalue weighted by Gasteiger charge is -2.33. The van der Waals surface area contributed by atoms with Gasteiger partial charge in [0.1, 0.15) is 12.1 Å². The van der Waals surface area contributed by atoms with Crippen LogP contribution in [0.2, 0.25) is 0 Å². The number of benzene rings is 1. The van der Waals surface area contributed by atoms with E-state index in [0.717, 1.165) is 0 Å². The Bertz CT molecular complexity index is 1030. The lowest BCUT2D eigenvalue weighted by Crippen LogP contribution is -2.43. The molecule has 0 radical (unpaired) electrons. The van der Waals surface area contributed by atoms with Crippen molar-refractivity contribution < 1.29 is 48.0 Å². The Morgan fingerprint density at radius 3 is 1.76 bits per heavy atom. The first-order valence-corrected chi connectivity index (χ1v) is 14.0. The van der Waals surface area contributed by atoms with Crippen LogP contribution in [0.5, 0.6) is 11.5 Å². The van der Waals surface area contributed by atoms with Gasteiger partial charge in [0.15, 0.2) is 11.5 Å². The minimum absolute atomic E-state index is 0.115. The molecule has 1 aromatic rings. The van der Waals surface area contributed by atoms with Gasteiger partial charge >= 0.3 is 24.2 Å². The second-order valence-corrected chi connectivity index (χ2v) is 12.1. The molecule has 11 heteroatoms. The predicted octanol–water partition coefficient (Wildman–Crippen LogP) is 5.92. The van der Waals surface area contributed by atoms with Crippen molar-refractivity contribution in [1.29, 1.82) is 0 Å². The van der Waals surface area contributed by atoms with E-state index in [9.17, 15) is 24.3 Å². The molecule has 0 saturated carbocycles. The van der Waals surface area contributed by atoms with Crippen molar-refractivity contribution in [3.8, 4) is 11.5 Å². The lowest BCUT2D eigenvalue weighted by atomic mass is 9.79. The monoisotopic (exact) mass is 581 g/mol. The van der Waals surface area contributed by atoms with Crippen LogP contribution in [0.4, 0.5) is 9.59 Å². The van der Waals surface area contributed by atoms with Crippen LogP contribution in [0.3, 0.4) is 0 Å². The number of hydrogen-bond acceptors (Lipinski definition) is 10. The SMILES string of the molecule is CC(C)CCOC(=O)Oc1ccc(C(C(C)C(C)OC(=O)C(C)(C)C)[C@H](N)C(=O)O)cc1OC(=O)OCCC(C)C. The van der Waals surface area contributed by atoms with E-state index in [2.05, 4.69) is 0 Å². The second kappa shape index (κ2) is 16.2. The van der Waals surface area contributed by atoms with Crippen molar-refractivity contribution >= 4 is 24.2 Å². The molecule has 0 aliphatic rings. The fraction of sp³-hybridized carbons (Fsp3) is 0.667. The average Bonchev–Trinajstić information content (AvgIpc) is 2.84. The summed E-state index contributed by atoms with van der Waals surface area (Å²) in [5.74, 6) is -2.91. The molecule has 11 nitrogen and oxygen atoms in total. The van der Waals surface area contributed by atoms with Crippen molar-refractivity contribution in [2.24, 2.45) is 28.9 Å². The molecule has 3 unspecified atom stereocenters. The molecule has 0 aromatic heterocycles. The van der Waals surface area contributed by atoms with E-state index >= 15 is 0 Å². The standard InChI is InChI=1S/C30H47NO10/c1-17(2)12-14-37-28(35)40-22-11-10-21(16-23(22)41-29(36)38-15-13-18(3)4)24(25(31)26(32)33)19(5)20(6)39-27(34)30(7,8)9/h10-11,16-20,24-25H,12-15,31H2,1-9H3,(H,32,33)/t19?,20?,24?,25-/m0/s1. The molecule has 3 N–H and O–H groups in total. The number of carboxylic acids is 1. The third kappa shape index (κ3) is 12.4. The summed E-state index contributed by atoms with van der Waals surface area (Å²) in [5.41, 5.74) is 5.71. The van der Waals surface area contributed by atoms with Crippen LogP contribution in [0.1, 0.15) is 86.6 Å². The summed E-state index contributed by atoms with van der Waals surface area (Å²) in [7, 11) is 0. The Morgan fingerprint density at radius 2 is 1.32 bits per heavy atom. The molecule has 0 amide bonds. The highest BCUT2D eigenvalue weighted by atomic mass is 16.7. The number of esters is 1. The zero-order valence-corrected chi connectivity index (χ0v) is 25.7. The number of carbonyl (C=O) groups is 4. The number of hydrogen-bond donors (Lipinski definition) is 2. The van der Waals surface area contributed by atoms with Crippen molar-refractivity contribution in [2.75, 3.05) is 13.2 Å². The third-order valence-electron chi connectivity index (χ3n) is 6.45. The van der Waals surface area contributed by atoms with Gasteiger partial charge in [0.25, 0.3) is 0 Å². The first-order chi connectivity index (χ1) is 18.9. The van der Waals surface area contributed by atoms with E-state index < -0.39 is 53.6 Å². The summed E-state index contributed by atoms with van der Waals surface area (Å²) in [5, 5.41) is 9.78. The van der Waals surface area contributed by atoms with Crippen LogP contribution >= 0.6 is 0 Å². The fourth-order valence-electron chi connectivity index (χ4n) is 3.63. The number of rotatable bonds is 14. The van der Waals surface area contributed by atoms with Gasteiger partial charge in [-0.05, 0) is 70.1 Å². The van der Waals surface area contributed by atoms with Crippen molar-refractivity contribution in [3.63, 3.8) is 0 Å². The molecule has 41 heavy (non-hydrogen) atoms. The lowest BCUT2D eigenvalue weighted by molar-refractivity contribution is -0.160. The Kier molecular flexibility index (Phi) is 14.1. The highest BCUT2D eigenvalue weighted by Gasteiger charge is 2.37. The Hall–Kier alpha value is -3.34. The molecule has 232 valence electrons. The third-order valence-corrected chi connectivity index (χ3v) is 6.45. The van der Waals surface area contributed by atoms with Crippen molar-refractivity contribution in [2.45, 2.75) is 93.2 Å². The van der Waals surface area contributed by atoms with Gasteiger partial charge in [-0.2, -0.15) is 0 Å². The van der Waals surface area contributed by atoms with E-state index in [1.165, 1.54) is 18.2 Å². The number of carboxylic acid groups (broad SMARTS) is 1. The molecule has 4 atom stereocenters. The molecule has 0 heterocycles. The topological polar surface area (TPSA) is 161 Å². The van der Waals surface area contributed by atoms with Crippen molar-refractivity contribution in [3.05, 3.63) is 23.8 Å². The number of nitrogens with two attached hydrogens (primary N) is 1. The van der Waals surface area contributed by atoms with Gasteiger partial charge in [-0.3, -0.25) is 9.59 Å². The summed E-state index contributed by atoms with van der Waals surface area (Å²) in [6, 6.07) is 2.83. The van der Waals surface area contributed by atoms with Crippen LogP contribution in [-0.2, 0) is 23.8 Å². The largest absolute Gasteiger partial charge is 0.513 e. The summed E-state index contributed by atoms with van der Waals surface area (Å²) in [6.07, 6.45) is -1.50. The molecular formula is C30H47NO10. The fourth-order valence-corrected chi connectivity index (χ4v) is 3.63. The van der Waals surface area contributed by atoms with E-state index in [1.807, 2.05) is 27.7 Å². The molecule has 0 fully saturated rings. The normalized spacial score (nSPS) is 14.5. The van der Waals surface area contributed by atoms with E-state index in [1.54, 1.807) is 34.6 Å². The Balaban J connectivity index is 3.40. The quantitative estimate of drug-likeness (QED) is 0.152. The summed E-state index contributed by atoms with van der Waals surface area (Å²) in [4.78, 5) is 49.3. The summed E-state index contributed by atoms with van der Waals surface area (Å²) >= 11 is 0. The molecule has 1 rings (SSSR count).